The van der Waals surface area contributed by atoms with Gasteiger partial charge in [-0.25, -0.2) is 4.79 Å². The topological polar surface area (TPSA) is 35.5 Å². The molecule has 0 saturated carbocycles. The first kappa shape index (κ1) is 16.1. The zero-order chi connectivity index (χ0) is 17.1. The third kappa shape index (κ3) is 3.40. The predicted octanol–water partition coefficient (Wildman–Crippen LogP) is 4.80. The van der Waals surface area contributed by atoms with E-state index in [4.69, 9.17) is 9.47 Å². The maximum Gasteiger partial charge on any atom is 0.343 e. The fraction of sp³-hybridized carbons (Fsp3) is 0.190. The average Bonchev–Trinajstić information content (AvgIpc) is 2.96. The lowest BCUT2D eigenvalue weighted by molar-refractivity contribution is -0.130. The summed E-state index contributed by atoms with van der Waals surface area (Å²) in [5, 5.41) is 0. The quantitative estimate of drug-likeness (QED) is 0.599. The highest BCUT2D eigenvalue weighted by Gasteiger charge is 2.22. The molecule has 0 aliphatic carbocycles. The Morgan fingerprint density at radius 1 is 1.00 bits per heavy atom. The van der Waals surface area contributed by atoms with Gasteiger partial charge in [-0.2, -0.15) is 0 Å². The SMILES string of the molecule is COc1ccc(C=C2C=C(c3ccc(C(C)C)cc3)OC2=O)cc1. The number of cyclic esters (lactones) is 1. The Hall–Kier alpha value is -2.81. The molecule has 3 nitrogen and oxygen atoms in total. The normalized spacial score (nSPS) is 15.6. The van der Waals surface area contributed by atoms with Crippen molar-refractivity contribution in [2.24, 2.45) is 0 Å². The molecule has 2 aromatic carbocycles. The molecule has 3 rings (SSSR count). The Labute approximate surface area is 142 Å². The minimum absolute atomic E-state index is 0.325. The van der Waals surface area contributed by atoms with Crippen LogP contribution in [-0.4, -0.2) is 13.1 Å². The second-order valence-corrected chi connectivity index (χ2v) is 6.05. The third-order valence-electron chi connectivity index (χ3n) is 4.02. The monoisotopic (exact) mass is 320 g/mol. The minimum Gasteiger partial charge on any atom is -0.497 e. The summed E-state index contributed by atoms with van der Waals surface area (Å²) >= 11 is 0. The lowest BCUT2D eigenvalue weighted by Crippen LogP contribution is -1.97. The van der Waals surface area contributed by atoms with E-state index in [1.165, 1.54) is 5.56 Å². The molecule has 0 fully saturated rings. The van der Waals surface area contributed by atoms with Crippen LogP contribution >= 0.6 is 0 Å². The Balaban J connectivity index is 1.85. The van der Waals surface area contributed by atoms with Gasteiger partial charge in [0.2, 0.25) is 0 Å². The van der Waals surface area contributed by atoms with E-state index < -0.39 is 0 Å². The average molecular weight is 320 g/mol. The first-order valence-corrected chi connectivity index (χ1v) is 7.97. The van der Waals surface area contributed by atoms with E-state index in [0.29, 0.717) is 17.3 Å². The molecule has 0 unspecified atom stereocenters. The van der Waals surface area contributed by atoms with Crippen LogP contribution in [-0.2, 0) is 9.53 Å². The zero-order valence-corrected chi connectivity index (χ0v) is 14.1. The number of hydrogen-bond acceptors (Lipinski definition) is 3. The standard InChI is InChI=1S/C21H20O3/c1-14(2)16-6-8-17(9-7-16)20-13-18(21(22)24-20)12-15-4-10-19(23-3)11-5-15/h4-14H,1-3H3. The van der Waals surface area contributed by atoms with Crippen LogP contribution in [0.25, 0.3) is 11.8 Å². The van der Waals surface area contributed by atoms with E-state index in [1.807, 2.05) is 42.5 Å². The molecule has 0 saturated heterocycles. The number of carbonyl (C=O) groups excluding carboxylic acids is 1. The molecule has 0 radical (unpaired) electrons. The summed E-state index contributed by atoms with van der Waals surface area (Å²) in [5.74, 6) is 1.53. The van der Waals surface area contributed by atoms with Crippen LogP contribution in [0.2, 0.25) is 0 Å². The Morgan fingerprint density at radius 3 is 2.25 bits per heavy atom. The van der Waals surface area contributed by atoms with Crippen molar-refractivity contribution in [3.63, 3.8) is 0 Å². The molecule has 3 heteroatoms. The number of hydrogen-bond donors (Lipinski definition) is 0. The molecule has 0 aromatic heterocycles. The van der Waals surface area contributed by atoms with E-state index in [9.17, 15) is 4.79 Å². The van der Waals surface area contributed by atoms with Crippen LogP contribution < -0.4 is 4.74 Å². The summed E-state index contributed by atoms with van der Waals surface area (Å²) in [4.78, 5) is 12.1. The second kappa shape index (κ2) is 6.75. The van der Waals surface area contributed by atoms with Crippen molar-refractivity contribution in [1.29, 1.82) is 0 Å². The smallest absolute Gasteiger partial charge is 0.343 e. The van der Waals surface area contributed by atoms with Crippen molar-refractivity contribution in [1.82, 2.24) is 0 Å². The number of esters is 1. The van der Waals surface area contributed by atoms with Crippen LogP contribution in [0.4, 0.5) is 0 Å². The fourth-order valence-corrected chi connectivity index (χ4v) is 2.54. The Morgan fingerprint density at radius 2 is 1.67 bits per heavy atom. The molecular weight excluding hydrogens is 300 g/mol. The molecule has 1 heterocycles. The van der Waals surface area contributed by atoms with E-state index in [2.05, 4.69) is 26.0 Å². The molecule has 1 aliphatic rings. The van der Waals surface area contributed by atoms with E-state index in [1.54, 1.807) is 13.2 Å². The summed E-state index contributed by atoms with van der Waals surface area (Å²) in [6.45, 7) is 4.30. The van der Waals surface area contributed by atoms with Gasteiger partial charge in [0.15, 0.2) is 0 Å². The first-order chi connectivity index (χ1) is 11.6. The maximum atomic E-state index is 12.1. The van der Waals surface area contributed by atoms with E-state index in [-0.39, 0.29) is 5.97 Å². The largest absolute Gasteiger partial charge is 0.497 e. The summed E-state index contributed by atoms with van der Waals surface area (Å²) in [6.07, 6.45) is 3.61. The van der Waals surface area contributed by atoms with Gasteiger partial charge in [0.25, 0.3) is 0 Å². The molecule has 24 heavy (non-hydrogen) atoms. The van der Waals surface area contributed by atoms with Crippen molar-refractivity contribution >= 4 is 17.8 Å². The molecule has 0 N–H and O–H groups in total. The molecule has 1 aliphatic heterocycles. The van der Waals surface area contributed by atoms with Gasteiger partial charge >= 0.3 is 5.97 Å². The van der Waals surface area contributed by atoms with Crippen molar-refractivity contribution < 1.29 is 14.3 Å². The molecule has 0 bridgehead atoms. The van der Waals surface area contributed by atoms with Crippen LogP contribution in [0.1, 0.15) is 36.5 Å². The van der Waals surface area contributed by atoms with Gasteiger partial charge in [0.1, 0.15) is 11.5 Å². The summed E-state index contributed by atoms with van der Waals surface area (Å²) in [7, 11) is 1.63. The van der Waals surface area contributed by atoms with Gasteiger partial charge < -0.3 is 9.47 Å². The lowest BCUT2D eigenvalue weighted by atomic mass is 10.0. The number of ether oxygens (including phenoxy) is 2. The Bertz CT molecular complexity index is 794. The molecule has 122 valence electrons. The van der Waals surface area contributed by atoms with Gasteiger partial charge in [-0.05, 0) is 41.3 Å². The van der Waals surface area contributed by atoms with Crippen molar-refractivity contribution in [2.45, 2.75) is 19.8 Å². The first-order valence-electron chi connectivity index (χ1n) is 7.97. The second-order valence-electron chi connectivity index (χ2n) is 6.05. The summed E-state index contributed by atoms with van der Waals surface area (Å²) in [6, 6.07) is 15.7. The van der Waals surface area contributed by atoms with Crippen molar-refractivity contribution in [3.05, 3.63) is 76.9 Å². The van der Waals surface area contributed by atoms with Crippen molar-refractivity contribution in [3.8, 4) is 5.75 Å². The van der Waals surface area contributed by atoms with Gasteiger partial charge in [-0.1, -0.05) is 50.2 Å². The number of methoxy groups -OCH3 is 1. The van der Waals surface area contributed by atoms with E-state index in [0.717, 1.165) is 16.9 Å². The van der Waals surface area contributed by atoms with E-state index >= 15 is 0 Å². The third-order valence-corrected chi connectivity index (χ3v) is 4.02. The highest BCUT2D eigenvalue weighted by Crippen LogP contribution is 2.28. The number of rotatable bonds is 4. The fourth-order valence-electron chi connectivity index (χ4n) is 2.54. The predicted molar refractivity (Wildman–Crippen MR) is 95.6 cm³/mol. The van der Waals surface area contributed by atoms with Gasteiger partial charge in [0.05, 0.1) is 12.7 Å². The zero-order valence-electron chi connectivity index (χ0n) is 14.1. The number of carbonyl (C=O) groups is 1. The van der Waals surface area contributed by atoms with Crippen LogP contribution in [0.3, 0.4) is 0 Å². The molecule has 2 aromatic rings. The highest BCUT2D eigenvalue weighted by molar-refractivity contribution is 6.05. The number of benzene rings is 2. The summed E-state index contributed by atoms with van der Waals surface area (Å²) < 4.78 is 10.5. The van der Waals surface area contributed by atoms with Gasteiger partial charge in [-0.15, -0.1) is 0 Å². The molecular formula is C21H20O3. The summed E-state index contributed by atoms with van der Waals surface area (Å²) in [5.41, 5.74) is 3.64. The highest BCUT2D eigenvalue weighted by atomic mass is 16.5. The molecule has 0 amide bonds. The Kier molecular flexibility index (Phi) is 4.52. The van der Waals surface area contributed by atoms with Crippen molar-refractivity contribution in [2.75, 3.05) is 7.11 Å². The maximum absolute atomic E-state index is 12.1. The van der Waals surface area contributed by atoms with Gasteiger partial charge in [-0.3, -0.25) is 0 Å². The van der Waals surface area contributed by atoms with Crippen LogP contribution in [0.15, 0.2) is 60.2 Å². The molecule has 0 atom stereocenters. The minimum atomic E-state index is -0.325. The lowest BCUT2D eigenvalue weighted by Gasteiger charge is -2.06. The van der Waals surface area contributed by atoms with Gasteiger partial charge in [0, 0.05) is 5.56 Å². The molecule has 0 spiro atoms. The van der Waals surface area contributed by atoms with Crippen LogP contribution in [0.5, 0.6) is 5.75 Å². The van der Waals surface area contributed by atoms with Crippen LogP contribution in [0, 0.1) is 0 Å².